The van der Waals surface area contributed by atoms with Crippen LogP contribution in [0.1, 0.15) is 147 Å². The number of amides is 10. The molecule has 1 aromatic heterocycles. The first-order valence-electron chi connectivity index (χ1n) is 31.9. The van der Waals surface area contributed by atoms with Crippen LogP contribution in [-0.2, 0) is 54.4 Å². The van der Waals surface area contributed by atoms with E-state index in [1.54, 1.807) is 0 Å². The molecule has 2 aliphatic rings. The van der Waals surface area contributed by atoms with Gasteiger partial charge in [0.2, 0.25) is 53.2 Å². The molecule has 0 radical (unpaired) electrons. The summed E-state index contributed by atoms with van der Waals surface area (Å²) in [5, 5.41) is 24.3. The van der Waals surface area contributed by atoms with Gasteiger partial charge in [-0.25, -0.2) is 4.98 Å². The minimum Gasteiger partial charge on any atom is -0.370 e. The first-order valence-corrected chi connectivity index (χ1v) is 31.9. The quantitative estimate of drug-likeness (QED) is 0.0126. The molecule has 0 spiro atoms. The Morgan fingerprint density at radius 2 is 1.22 bits per heavy atom. The predicted molar refractivity (Wildman–Crippen MR) is 340 cm³/mol. The van der Waals surface area contributed by atoms with Crippen molar-refractivity contribution in [1.82, 2.24) is 62.7 Å². The van der Waals surface area contributed by atoms with E-state index in [2.05, 4.69) is 62.8 Å². The molecule has 3 rings (SSSR count). The van der Waals surface area contributed by atoms with Crippen molar-refractivity contribution in [3.8, 4) is 0 Å². The molecule has 1 saturated carbocycles. The van der Waals surface area contributed by atoms with Crippen molar-refractivity contribution in [2.24, 2.45) is 62.5 Å². The van der Waals surface area contributed by atoms with Crippen molar-refractivity contribution in [1.29, 1.82) is 0 Å². The number of nitrogens with two attached hydrogens (primary N) is 9. The van der Waals surface area contributed by atoms with Crippen LogP contribution in [0.3, 0.4) is 0 Å². The van der Waals surface area contributed by atoms with Gasteiger partial charge in [0.1, 0.15) is 48.0 Å². The first-order chi connectivity index (χ1) is 43.2. The SMILES string of the molecule is C[C@H](NC(=O)[C@H](CCN)NC(=O)[C@@H](N)CCCCCN)C(=O)NCC(=O)N[C@H](CCCN)C(=O)N1C2CCCCC2C[C@H]1C(=O)N[C@@H](Cc1cnc[nH]1)C(=O)N[C@@H](CCCCN)C(=O)N/C(=C\CCN=C(N)N)C(=O)N[C@@H](CCCCN)C(=O)NCCCCN. The zero-order chi connectivity index (χ0) is 66.4. The third-order valence-corrected chi connectivity index (χ3v) is 15.8. The summed E-state index contributed by atoms with van der Waals surface area (Å²) in [4.78, 5) is 152. The molecule has 508 valence electrons. The highest BCUT2D eigenvalue weighted by Gasteiger charge is 2.49. The zero-order valence-electron chi connectivity index (χ0n) is 52.5. The number of guanidine groups is 1. The second kappa shape index (κ2) is 43.4. The minimum absolute atomic E-state index is 0.0377. The van der Waals surface area contributed by atoms with Crippen LogP contribution in [0.15, 0.2) is 29.3 Å². The number of nitrogens with one attached hydrogen (secondary N) is 10. The van der Waals surface area contributed by atoms with Crippen LogP contribution in [0.2, 0.25) is 0 Å². The molecule has 28 N–H and O–H groups in total. The number of unbranched alkanes of at least 4 members (excludes halogenated alkanes) is 5. The van der Waals surface area contributed by atoms with Crippen molar-refractivity contribution in [3.05, 3.63) is 30.0 Å². The summed E-state index contributed by atoms with van der Waals surface area (Å²) in [5.74, 6) is -7.11. The van der Waals surface area contributed by atoms with Gasteiger partial charge in [0.25, 0.3) is 5.91 Å². The molecule has 2 fully saturated rings. The largest absolute Gasteiger partial charge is 0.370 e. The molecular formula is C58H106N22O10. The Kier molecular flexibility index (Phi) is 37.0. The highest BCUT2D eigenvalue weighted by molar-refractivity contribution is 6.02. The number of fused-ring (bicyclic) bond motifs is 1. The normalized spacial score (nSPS) is 17.8. The van der Waals surface area contributed by atoms with Crippen molar-refractivity contribution in [2.75, 3.05) is 58.9 Å². The van der Waals surface area contributed by atoms with Gasteiger partial charge in [0.15, 0.2) is 5.96 Å². The summed E-state index contributed by atoms with van der Waals surface area (Å²) in [5.41, 5.74) is 51.8. The molecule has 1 aliphatic heterocycles. The van der Waals surface area contributed by atoms with Crippen LogP contribution < -0.4 is 99.5 Å². The Balaban J connectivity index is 1.87. The lowest BCUT2D eigenvalue weighted by atomic mass is 9.84. The van der Waals surface area contributed by atoms with Gasteiger partial charge in [-0.15, -0.1) is 0 Å². The molecular weight excluding hydrogens is 1160 g/mol. The van der Waals surface area contributed by atoms with Crippen LogP contribution >= 0.6 is 0 Å². The Labute approximate surface area is 528 Å². The van der Waals surface area contributed by atoms with E-state index in [9.17, 15) is 43.2 Å². The van der Waals surface area contributed by atoms with E-state index in [1.807, 2.05) is 0 Å². The second-order valence-electron chi connectivity index (χ2n) is 23.0. The number of imidazole rings is 1. The molecule has 1 aromatic rings. The van der Waals surface area contributed by atoms with Crippen molar-refractivity contribution in [3.63, 3.8) is 0 Å². The number of likely N-dealkylation sites (tertiary alicyclic amines) is 1. The van der Waals surface area contributed by atoms with Gasteiger partial charge < -0.3 is 109 Å². The van der Waals surface area contributed by atoms with Crippen molar-refractivity contribution in [2.45, 2.75) is 203 Å². The molecule has 32 heteroatoms. The number of hydrogen-bond acceptors (Lipinski definition) is 19. The summed E-state index contributed by atoms with van der Waals surface area (Å²) in [6.07, 6.45) is 13.8. The smallest absolute Gasteiger partial charge is 0.268 e. The molecule has 1 aliphatic carbocycles. The lowest BCUT2D eigenvalue weighted by Crippen LogP contribution is -2.60. The molecule has 10 amide bonds. The number of rotatable bonds is 45. The third kappa shape index (κ3) is 27.8. The van der Waals surface area contributed by atoms with E-state index >= 15 is 4.79 Å². The maximum absolute atomic E-state index is 15.0. The predicted octanol–water partition coefficient (Wildman–Crippen LogP) is -5.13. The first kappa shape index (κ1) is 76.9. The molecule has 90 heavy (non-hydrogen) atoms. The molecule has 32 nitrogen and oxygen atoms in total. The summed E-state index contributed by atoms with van der Waals surface area (Å²) in [7, 11) is 0. The van der Waals surface area contributed by atoms with E-state index in [1.165, 1.54) is 30.4 Å². The van der Waals surface area contributed by atoms with Gasteiger partial charge in [0.05, 0.1) is 18.9 Å². The average molecular weight is 1270 g/mol. The van der Waals surface area contributed by atoms with Crippen LogP contribution in [0.5, 0.6) is 0 Å². The molecule has 10 atom stereocenters. The number of H-pyrrole nitrogens is 1. The monoisotopic (exact) mass is 1270 g/mol. The Morgan fingerprint density at radius 1 is 0.622 bits per heavy atom. The number of carbonyl (C=O) groups is 10. The van der Waals surface area contributed by atoms with Crippen molar-refractivity contribution >= 4 is 65.0 Å². The fourth-order valence-electron chi connectivity index (χ4n) is 10.8. The molecule has 2 unspecified atom stereocenters. The van der Waals surface area contributed by atoms with Gasteiger partial charge in [0, 0.05) is 37.4 Å². The van der Waals surface area contributed by atoms with Crippen LogP contribution in [0.4, 0.5) is 0 Å². The standard InChI is InChI=1S/C58H106N22O10/c1-36(73-52(85)43(22-28-64)75-50(83)39(65)16-3-2-8-23-59)49(82)71-34-48(81)74-44(19-13-27-63)57(90)80-46-21-5-4-15-37(46)31-47(80)56(89)79-45(32-38-33-68-35-72-38)55(88)78-41(18-7-10-25-61)53(86)77-42(20-14-30-70-58(66)67)54(87)76-40(17-6-9-24-60)51(84)69-29-12-11-26-62/h20,33,35-37,39-41,43-47H,2-19,21-32,34,59-65H2,1H3,(H,68,72)(H,69,84)(H,71,82)(H,73,85)(H,74,81)(H,75,83)(H,76,87)(H,77,86)(H,78,88)(H,79,89)(H4,66,67,70)/b42-20-/t36-,37?,39-,40-,41-,43-,44+,45-,46?,47-/m0/s1. The number of carbonyl (C=O) groups excluding carboxylic acids is 10. The van der Waals surface area contributed by atoms with E-state index in [-0.39, 0.29) is 88.7 Å². The highest BCUT2D eigenvalue weighted by atomic mass is 16.2. The molecule has 1 saturated heterocycles. The van der Waals surface area contributed by atoms with Gasteiger partial charge in [-0.05, 0) is 161 Å². The fourth-order valence-corrected chi connectivity index (χ4v) is 10.8. The van der Waals surface area contributed by atoms with E-state index < -0.39 is 120 Å². The Morgan fingerprint density at radius 3 is 1.87 bits per heavy atom. The van der Waals surface area contributed by atoms with Crippen LogP contribution in [0.25, 0.3) is 0 Å². The molecule has 0 aromatic carbocycles. The minimum atomic E-state index is -1.37. The third-order valence-electron chi connectivity index (χ3n) is 15.8. The number of aromatic nitrogens is 2. The fraction of sp³-hybridized carbons (Fsp3) is 0.724. The maximum atomic E-state index is 15.0. The van der Waals surface area contributed by atoms with Crippen LogP contribution in [0, 0.1) is 5.92 Å². The number of aromatic amines is 1. The van der Waals surface area contributed by atoms with E-state index in [0.29, 0.717) is 103 Å². The summed E-state index contributed by atoms with van der Waals surface area (Å²) in [6, 6.07) is -9.55. The number of hydrogen-bond donors (Lipinski definition) is 19. The topological polar surface area (TPSA) is 557 Å². The van der Waals surface area contributed by atoms with Crippen LogP contribution in [-0.4, -0.2) is 193 Å². The van der Waals surface area contributed by atoms with Gasteiger partial charge >= 0.3 is 0 Å². The Hall–Kier alpha value is -7.36. The lowest BCUT2D eigenvalue weighted by Gasteiger charge is -2.36. The van der Waals surface area contributed by atoms with Gasteiger partial charge in [-0.3, -0.25) is 52.9 Å². The lowest BCUT2D eigenvalue weighted by molar-refractivity contribution is -0.144. The van der Waals surface area contributed by atoms with Gasteiger partial charge in [-0.2, -0.15) is 0 Å². The molecule has 0 bridgehead atoms. The van der Waals surface area contributed by atoms with E-state index in [0.717, 1.165) is 25.7 Å². The second-order valence-corrected chi connectivity index (χ2v) is 23.0. The maximum Gasteiger partial charge on any atom is 0.268 e. The number of nitrogens with zero attached hydrogens (tertiary/aromatic N) is 3. The summed E-state index contributed by atoms with van der Waals surface area (Å²) in [6.45, 7) is 2.93. The average Bonchev–Trinajstić information content (AvgIpc) is 1.88. The van der Waals surface area contributed by atoms with E-state index in [4.69, 9.17) is 51.6 Å². The Bertz CT molecular complexity index is 2460. The summed E-state index contributed by atoms with van der Waals surface area (Å²) < 4.78 is 0. The van der Waals surface area contributed by atoms with Crippen molar-refractivity contribution < 1.29 is 47.9 Å². The zero-order valence-corrected chi connectivity index (χ0v) is 52.5. The highest BCUT2D eigenvalue weighted by Crippen LogP contribution is 2.40. The summed E-state index contributed by atoms with van der Waals surface area (Å²) >= 11 is 0. The van der Waals surface area contributed by atoms with Gasteiger partial charge in [-0.1, -0.05) is 31.8 Å². The number of aliphatic imine (C=N–C) groups is 1. The molecule has 2 heterocycles.